The van der Waals surface area contributed by atoms with E-state index in [0.29, 0.717) is 23.6 Å². The average molecular weight is 246 g/mol. The highest BCUT2D eigenvalue weighted by molar-refractivity contribution is 5.97. The van der Waals surface area contributed by atoms with Crippen molar-refractivity contribution in [3.05, 3.63) is 35.4 Å². The second kappa shape index (κ2) is 5.31. The predicted molar refractivity (Wildman–Crippen MR) is 69.5 cm³/mol. The van der Waals surface area contributed by atoms with Crippen molar-refractivity contribution in [3.63, 3.8) is 0 Å². The Morgan fingerprint density at radius 1 is 1.28 bits per heavy atom. The topological polar surface area (TPSA) is 72.2 Å². The fraction of sp³-hybridized carbons (Fsp3) is 0.429. The Bertz CT molecular complexity index is 449. The molecule has 0 saturated heterocycles. The van der Waals surface area contributed by atoms with Gasteiger partial charge < -0.3 is 11.1 Å². The summed E-state index contributed by atoms with van der Waals surface area (Å²) in [6.45, 7) is 2.02. The molecule has 96 valence electrons. The summed E-state index contributed by atoms with van der Waals surface area (Å²) in [5.74, 6) is 0.435. The Morgan fingerprint density at radius 3 is 2.33 bits per heavy atom. The van der Waals surface area contributed by atoms with Crippen LogP contribution in [0.15, 0.2) is 24.3 Å². The van der Waals surface area contributed by atoms with E-state index in [0.717, 1.165) is 0 Å². The number of benzene rings is 1. The van der Waals surface area contributed by atoms with Gasteiger partial charge in [0.1, 0.15) is 0 Å². The fourth-order valence-electron chi connectivity index (χ4n) is 1.86. The molecule has 4 nitrogen and oxygen atoms in total. The van der Waals surface area contributed by atoms with Crippen LogP contribution in [0.2, 0.25) is 0 Å². The monoisotopic (exact) mass is 246 g/mol. The summed E-state index contributed by atoms with van der Waals surface area (Å²) in [6, 6.07) is 6.71. The molecule has 1 amide bonds. The van der Waals surface area contributed by atoms with Crippen LogP contribution in [-0.4, -0.2) is 24.3 Å². The highest BCUT2D eigenvalue weighted by Gasteiger charge is 2.28. The van der Waals surface area contributed by atoms with Crippen LogP contribution in [0.3, 0.4) is 0 Å². The van der Waals surface area contributed by atoms with Crippen LogP contribution >= 0.6 is 0 Å². The third-order valence-corrected chi connectivity index (χ3v) is 3.28. The van der Waals surface area contributed by atoms with E-state index in [-0.39, 0.29) is 17.7 Å². The molecule has 1 fully saturated rings. The van der Waals surface area contributed by atoms with Crippen LogP contribution in [-0.2, 0) is 0 Å². The first-order valence-electron chi connectivity index (χ1n) is 6.22. The van der Waals surface area contributed by atoms with Crippen LogP contribution < -0.4 is 11.1 Å². The first-order valence-corrected chi connectivity index (χ1v) is 6.22. The summed E-state index contributed by atoms with van der Waals surface area (Å²) in [7, 11) is 0. The molecule has 4 heteroatoms. The van der Waals surface area contributed by atoms with Crippen LogP contribution in [0.5, 0.6) is 0 Å². The van der Waals surface area contributed by atoms with Gasteiger partial charge in [0, 0.05) is 23.7 Å². The SMILES string of the molecule is CC(=O)c1ccc(C(=O)NCC(N)C2CC2)cc1. The molecule has 1 aliphatic rings. The Hall–Kier alpha value is -1.68. The second-order valence-electron chi connectivity index (χ2n) is 4.84. The van der Waals surface area contributed by atoms with Gasteiger partial charge in [0.25, 0.3) is 5.91 Å². The van der Waals surface area contributed by atoms with Crippen LogP contribution in [0.1, 0.15) is 40.5 Å². The number of carbonyl (C=O) groups is 2. The number of ketones is 1. The van der Waals surface area contributed by atoms with E-state index in [9.17, 15) is 9.59 Å². The normalized spacial score (nSPS) is 16.1. The molecule has 1 aromatic rings. The maximum absolute atomic E-state index is 11.8. The van der Waals surface area contributed by atoms with Crippen LogP contribution in [0.25, 0.3) is 0 Å². The van der Waals surface area contributed by atoms with Crippen molar-refractivity contribution in [2.75, 3.05) is 6.54 Å². The first kappa shape index (κ1) is 12.8. The molecule has 0 spiro atoms. The molecular weight excluding hydrogens is 228 g/mol. The van der Waals surface area contributed by atoms with Gasteiger partial charge in [0.15, 0.2) is 5.78 Å². The summed E-state index contributed by atoms with van der Waals surface area (Å²) in [5.41, 5.74) is 7.08. The quantitative estimate of drug-likeness (QED) is 0.770. The van der Waals surface area contributed by atoms with E-state index < -0.39 is 0 Å². The third kappa shape index (κ3) is 3.17. The number of Topliss-reactive ketones (excluding diaryl/α,β-unsaturated/α-hetero) is 1. The highest BCUT2D eigenvalue weighted by Crippen LogP contribution is 2.31. The Balaban J connectivity index is 1.89. The lowest BCUT2D eigenvalue weighted by atomic mass is 10.1. The summed E-state index contributed by atoms with van der Waals surface area (Å²) < 4.78 is 0. The van der Waals surface area contributed by atoms with Crippen molar-refractivity contribution in [3.8, 4) is 0 Å². The molecule has 0 aliphatic heterocycles. The molecule has 0 heterocycles. The number of hydrogen-bond donors (Lipinski definition) is 2. The van der Waals surface area contributed by atoms with Gasteiger partial charge in [-0.3, -0.25) is 9.59 Å². The van der Waals surface area contributed by atoms with Crippen LogP contribution in [0, 0.1) is 5.92 Å². The lowest BCUT2D eigenvalue weighted by Crippen LogP contribution is -2.38. The summed E-state index contributed by atoms with van der Waals surface area (Å²) in [6.07, 6.45) is 2.34. The molecule has 1 aromatic carbocycles. The smallest absolute Gasteiger partial charge is 0.251 e. The van der Waals surface area contributed by atoms with Crippen molar-refractivity contribution in [2.45, 2.75) is 25.8 Å². The van der Waals surface area contributed by atoms with Crippen molar-refractivity contribution in [1.82, 2.24) is 5.32 Å². The maximum atomic E-state index is 11.8. The van der Waals surface area contributed by atoms with Crippen LogP contribution in [0.4, 0.5) is 0 Å². The van der Waals surface area contributed by atoms with Gasteiger partial charge in [-0.2, -0.15) is 0 Å². The van der Waals surface area contributed by atoms with Gasteiger partial charge in [0.2, 0.25) is 0 Å². The molecule has 18 heavy (non-hydrogen) atoms. The van der Waals surface area contributed by atoms with Gasteiger partial charge in [-0.05, 0) is 37.8 Å². The van der Waals surface area contributed by atoms with E-state index in [2.05, 4.69) is 5.32 Å². The number of hydrogen-bond acceptors (Lipinski definition) is 3. The lowest BCUT2D eigenvalue weighted by molar-refractivity contribution is 0.0948. The molecule has 0 radical (unpaired) electrons. The zero-order valence-electron chi connectivity index (χ0n) is 10.5. The Morgan fingerprint density at radius 2 is 1.83 bits per heavy atom. The number of nitrogens with one attached hydrogen (secondary N) is 1. The molecule has 1 aliphatic carbocycles. The molecule has 1 unspecified atom stereocenters. The summed E-state index contributed by atoms with van der Waals surface area (Å²) in [4.78, 5) is 22.9. The third-order valence-electron chi connectivity index (χ3n) is 3.28. The minimum Gasteiger partial charge on any atom is -0.350 e. The zero-order valence-corrected chi connectivity index (χ0v) is 10.5. The molecule has 2 rings (SSSR count). The second-order valence-corrected chi connectivity index (χ2v) is 4.84. The van der Waals surface area contributed by atoms with E-state index in [4.69, 9.17) is 5.73 Å². The first-order chi connectivity index (χ1) is 8.58. The number of rotatable bonds is 5. The molecule has 0 bridgehead atoms. The Labute approximate surface area is 107 Å². The number of nitrogens with two attached hydrogens (primary N) is 1. The number of amides is 1. The predicted octanol–water partition coefficient (Wildman–Crippen LogP) is 1.36. The largest absolute Gasteiger partial charge is 0.350 e. The van der Waals surface area contributed by atoms with E-state index in [1.807, 2.05) is 0 Å². The fourth-order valence-corrected chi connectivity index (χ4v) is 1.86. The highest BCUT2D eigenvalue weighted by atomic mass is 16.1. The maximum Gasteiger partial charge on any atom is 0.251 e. The minimum atomic E-state index is -0.138. The molecule has 1 atom stereocenters. The average Bonchev–Trinajstić information content (AvgIpc) is 3.20. The molecule has 1 saturated carbocycles. The van der Waals surface area contributed by atoms with Crippen molar-refractivity contribution in [1.29, 1.82) is 0 Å². The van der Waals surface area contributed by atoms with Crippen molar-refractivity contribution >= 4 is 11.7 Å². The van der Waals surface area contributed by atoms with Gasteiger partial charge >= 0.3 is 0 Å². The van der Waals surface area contributed by atoms with Gasteiger partial charge in [0.05, 0.1) is 0 Å². The van der Waals surface area contributed by atoms with Crippen molar-refractivity contribution < 1.29 is 9.59 Å². The molecule has 0 aromatic heterocycles. The van der Waals surface area contributed by atoms with E-state index in [1.54, 1.807) is 24.3 Å². The Kier molecular flexibility index (Phi) is 3.77. The standard InChI is InChI=1S/C14H18N2O2/c1-9(17)10-2-6-12(7-3-10)14(18)16-8-13(15)11-4-5-11/h2-3,6-7,11,13H,4-5,8,15H2,1H3,(H,16,18). The summed E-state index contributed by atoms with van der Waals surface area (Å²) in [5, 5.41) is 2.82. The van der Waals surface area contributed by atoms with Gasteiger partial charge in [-0.1, -0.05) is 12.1 Å². The van der Waals surface area contributed by atoms with Gasteiger partial charge in [-0.25, -0.2) is 0 Å². The van der Waals surface area contributed by atoms with Gasteiger partial charge in [-0.15, -0.1) is 0 Å². The minimum absolute atomic E-state index is 0.00212. The zero-order chi connectivity index (χ0) is 13.1. The summed E-state index contributed by atoms with van der Waals surface area (Å²) >= 11 is 0. The van der Waals surface area contributed by atoms with Crippen molar-refractivity contribution in [2.24, 2.45) is 11.7 Å². The van der Waals surface area contributed by atoms with E-state index >= 15 is 0 Å². The lowest BCUT2D eigenvalue weighted by Gasteiger charge is -2.11. The van der Waals surface area contributed by atoms with E-state index in [1.165, 1.54) is 19.8 Å². The molecule has 3 N–H and O–H groups in total. The molecular formula is C14H18N2O2. The number of carbonyl (C=O) groups excluding carboxylic acids is 2.